The lowest BCUT2D eigenvalue weighted by Gasteiger charge is -2.09. The minimum Gasteiger partial charge on any atom is -0.184 e. The van der Waals surface area contributed by atoms with Crippen LogP contribution in [0.2, 0.25) is 0 Å². The zero-order valence-electron chi connectivity index (χ0n) is 12.9. The van der Waals surface area contributed by atoms with Crippen LogP contribution in [0.1, 0.15) is 23.1 Å². The van der Waals surface area contributed by atoms with Gasteiger partial charge in [0.2, 0.25) is 0 Å². The fourth-order valence-electron chi connectivity index (χ4n) is 3.02. The molecule has 1 aliphatic rings. The monoisotopic (exact) mass is 298 g/mol. The van der Waals surface area contributed by atoms with E-state index in [2.05, 4.69) is 77.0 Å². The molecule has 0 heterocycles. The minimum absolute atomic E-state index is 0.613. The number of nitrogens with zero attached hydrogens (tertiary/aromatic N) is 2. The van der Waals surface area contributed by atoms with Crippen LogP contribution in [0.4, 0.5) is 5.69 Å². The van der Waals surface area contributed by atoms with Gasteiger partial charge in [0.25, 0.3) is 0 Å². The van der Waals surface area contributed by atoms with Crippen molar-refractivity contribution in [3.63, 3.8) is 0 Å². The summed E-state index contributed by atoms with van der Waals surface area (Å²) in [6, 6.07) is 21.2. The van der Waals surface area contributed by atoms with Crippen LogP contribution in [0.25, 0.3) is 16.8 Å². The van der Waals surface area contributed by atoms with Gasteiger partial charge in [0.05, 0.1) is 12.2 Å². The second-order valence-electron chi connectivity index (χ2n) is 5.91. The Kier molecular flexibility index (Phi) is 3.73. The molecule has 1 aliphatic carbocycles. The summed E-state index contributed by atoms with van der Waals surface area (Å²) in [6.45, 7) is 0.613. The molecule has 2 nitrogen and oxygen atoms in total. The SMILES string of the molecule is C1=Cc2ccc(N=NCc3ccc4ccccc4c3)cc2CC1. The van der Waals surface area contributed by atoms with E-state index in [1.807, 2.05) is 6.07 Å². The van der Waals surface area contributed by atoms with Crippen LogP contribution >= 0.6 is 0 Å². The topological polar surface area (TPSA) is 24.7 Å². The van der Waals surface area contributed by atoms with E-state index in [0.29, 0.717) is 6.54 Å². The Bertz CT molecular complexity index is 907. The molecule has 23 heavy (non-hydrogen) atoms. The van der Waals surface area contributed by atoms with Crippen molar-refractivity contribution >= 4 is 22.5 Å². The molecule has 0 aliphatic heterocycles. The Morgan fingerprint density at radius 3 is 2.74 bits per heavy atom. The number of rotatable bonds is 3. The fraction of sp³-hybridized carbons (Fsp3) is 0.143. The van der Waals surface area contributed by atoms with Crippen LogP contribution in [0.3, 0.4) is 0 Å². The molecule has 3 aromatic rings. The van der Waals surface area contributed by atoms with E-state index < -0.39 is 0 Å². The molecule has 0 atom stereocenters. The first-order chi connectivity index (χ1) is 11.4. The molecule has 0 amide bonds. The van der Waals surface area contributed by atoms with Crippen LogP contribution < -0.4 is 0 Å². The molecular formula is C21H18N2. The highest BCUT2D eigenvalue weighted by molar-refractivity contribution is 5.82. The van der Waals surface area contributed by atoms with Crippen molar-refractivity contribution < 1.29 is 0 Å². The molecule has 0 spiro atoms. The van der Waals surface area contributed by atoms with E-state index in [-0.39, 0.29) is 0 Å². The van der Waals surface area contributed by atoms with Gasteiger partial charge in [-0.15, -0.1) is 0 Å². The summed E-state index contributed by atoms with van der Waals surface area (Å²) in [5.74, 6) is 0. The first kappa shape index (κ1) is 13.9. The average molecular weight is 298 g/mol. The van der Waals surface area contributed by atoms with Crippen molar-refractivity contribution in [2.45, 2.75) is 19.4 Å². The third kappa shape index (κ3) is 3.07. The van der Waals surface area contributed by atoms with Gasteiger partial charge < -0.3 is 0 Å². The first-order valence-corrected chi connectivity index (χ1v) is 8.03. The van der Waals surface area contributed by atoms with Gasteiger partial charge in [-0.2, -0.15) is 10.2 Å². The van der Waals surface area contributed by atoms with Crippen LogP contribution in [-0.4, -0.2) is 0 Å². The smallest absolute Gasteiger partial charge is 0.0855 e. The summed E-state index contributed by atoms with van der Waals surface area (Å²) < 4.78 is 0. The maximum atomic E-state index is 4.39. The summed E-state index contributed by atoms with van der Waals surface area (Å²) in [5, 5.41) is 11.3. The van der Waals surface area contributed by atoms with Crippen LogP contribution in [0.15, 0.2) is 77.0 Å². The lowest BCUT2D eigenvalue weighted by atomic mass is 9.97. The zero-order valence-corrected chi connectivity index (χ0v) is 12.9. The second-order valence-corrected chi connectivity index (χ2v) is 5.91. The van der Waals surface area contributed by atoms with E-state index in [0.717, 1.165) is 18.5 Å². The van der Waals surface area contributed by atoms with Crippen molar-refractivity contribution in [2.24, 2.45) is 10.2 Å². The molecule has 3 aromatic carbocycles. The summed E-state index contributed by atoms with van der Waals surface area (Å²) in [6.07, 6.45) is 6.63. The molecule has 0 fully saturated rings. The number of hydrogen-bond acceptors (Lipinski definition) is 2. The predicted octanol–water partition coefficient (Wildman–Crippen LogP) is 6.08. The van der Waals surface area contributed by atoms with Gasteiger partial charge in [0.15, 0.2) is 0 Å². The third-order valence-corrected chi connectivity index (χ3v) is 4.26. The lowest BCUT2D eigenvalue weighted by Crippen LogP contribution is -1.92. The van der Waals surface area contributed by atoms with E-state index in [1.54, 1.807) is 0 Å². The summed E-state index contributed by atoms with van der Waals surface area (Å²) in [5.41, 5.74) is 4.81. The van der Waals surface area contributed by atoms with Gasteiger partial charge in [-0.3, -0.25) is 0 Å². The summed E-state index contributed by atoms with van der Waals surface area (Å²) in [7, 11) is 0. The molecule has 0 N–H and O–H groups in total. The third-order valence-electron chi connectivity index (χ3n) is 4.26. The highest BCUT2D eigenvalue weighted by Crippen LogP contribution is 2.25. The molecule has 0 unspecified atom stereocenters. The standard InChI is InChI=1S/C21H18N2/c1-3-7-19-13-16(9-10-17(19)5-1)15-22-23-21-12-11-18-6-2-4-8-20(18)14-21/h1-3,5-7,9-14H,4,8,15H2. The quantitative estimate of drug-likeness (QED) is 0.523. The van der Waals surface area contributed by atoms with E-state index in [4.69, 9.17) is 0 Å². The minimum atomic E-state index is 0.613. The Balaban J connectivity index is 1.51. The molecule has 0 saturated carbocycles. The summed E-state index contributed by atoms with van der Waals surface area (Å²) >= 11 is 0. The molecule has 0 bridgehead atoms. The number of aryl methyl sites for hydroxylation is 1. The van der Waals surface area contributed by atoms with Crippen LogP contribution in [0.5, 0.6) is 0 Å². The van der Waals surface area contributed by atoms with Crippen LogP contribution in [-0.2, 0) is 13.0 Å². The lowest BCUT2D eigenvalue weighted by molar-refractivity contribution is 0.952. The van der Waals surface area contributed by atoms with Gasteiger partial charge >= 0.3 is 0 Å². The van der Waals surface area contributed by atoms with E-state index in [9.17, 15) is 0 Å². The fourth-order valence-corrected chi connectivity index (χ4v) is 3.02. The Labute approximate surface area is 136 Å². The molecule has 0 radical (unpaired) electrons. The van der Waals surface area contributed by atoms with Crippen molar-refractivity contribution in [1.29, 1.82) is 0 Å². The van der Waals surface area contributed by atoms with Gasteiger partial charge in [0, 0.05) is 0 Å². The van der Waals surface area contributed by atoms with Crippen LogP contribution in [0, 0.1) is 0 Å². The molecule has 4 rings (SSSR count). The molecular weight excluding hydrogens is 280 g/mol. The van der Waals surface area contributed by atoms with Crippen molar-refractivity contribution in [2.75, 3.05) is 0 Å². The van der Waals surface area contributed by atoms with Crippen molar-refractivity contribution in [3.05, 3.63) is 83.4 Å². The van der Waals surface area contributed by atoms with Gasteiger partial charge in [0.1, 0.15) is 0 Å². The number of hydrogen-bond donors (Lipinski definition) is 0. The maximum Gasteiger partial charge on any atom is 0.0855 e. The average Bonchev–Trinajstić information content (AvgIpc) is 2.61. The van der Waals surface area contributed by atoms with E-state index in [1.165, 1.54) is 27.5 Å². The Morgan fingerprint density at radius 2 is 1.78 bits per heavy atom. The second kappa shape index (κ2) is 6.17. The summed E-state index contributed by atoms with van der Waals surface area (Å²) in [4.78, 5) is 0. The Morgan fingerprint density at radius 1 is 0.870 bits per heavy atom. The molecule has 2 heteroatoms. The van der Waals surface area contributed by atoms with E-state index >= 15 is 0 Å². The van der Waals surface area contributed by atoms with Crippen molar-refractivity contribution in [1.82, 2.24) is 0 Å². The Hall–Kier alpha value is -2.74. The van der Waals surface area contributed by atoms with Crippen molar-refractivity contribution in [3.8, 4) is 0 Å². The normalized spacial score (nSPS) is 13.6. The molecule has 0 aromatic heterocycles. The van der Waals surface area contributed by atoms with Gasteiger partial charge in [-0.1, -0.05) is 54.6 Å². The molecule has 0 saturated heterocycles. The van der Waals surface area contributed by atoms with Gasteiger partial charge in [-0.05, 0) is 58.5 Å². The maximum absolute atomic E-state index is 4.39. The first-order valence-electron chi connectivity index (χ1n) is 8.03. The number of azo groups is 1. The highest BCUT2D eigenvalue weighted by atomic mass is 15.1. The zero-order chi connectivity index (χ0) is 15.5. The number of benzene rings is 3. The largest absolute Gasteiger partial charge is 0.184 e. The molecule has 112 valence electrons. The predicted molar refractivity (Wildman–Crippen MR) is 96.0 cm³/mol. The number of fused-ring (bicyclic) bond motifs is 2. The van der Waals surface area contributed by atoms with Gasteiger partial charge in [-0.25, -0.2) is 0 Å². The number of allylic oxidation sites excluding steroid dienone is 1. The highest BCUT2D eigenvalue weighted by Gasteiger charge is 2.04.